The third-order valence-electron chi connectivity index (χ3n) is 2.46. The van der Waals surface area contributed by atoms with Gasteiger partial charge in [-0.25, -0.2) is 0 Å². The fourth-order valence-corrected chi connectivity index (χ4v) is 2.91. The minimum Gasteiger partial charge on any atom is -0.393 e. The van der Waals surface area contributed by atoms with E-state index in [0.29, 0.717) is 6.42 Å². The van der Waals surface area contributed by atoms with Crippen molar-refractivity contribution in [3.05, 3.63) is 11.1 Å². The molecule has 0 aromatic heterocycles. The van der Waals surface area contributed by atoms with E-state index < -0.39 is 0 Å². The van der Waals surface area contributed by atoms with E-state index in [9.17, 15) is 4.79 Å². The van der Waals surface area contributed by atoms with Gasteiger partial charge in [0.2, 0.25) is 5.12 Å². The first-order valence-electron chi connectivity index (χ1n) is 4.17. The molecule has 2 rings (SSSR count). The van der Waals surface area contributed by atoms with Crippen LogP contribution in [-0.4, -0.2) is 21.1 Å². The zero-order valence-electron chi connectivity index (χ0n) is 7.26. The molecule has 1 aliphatic heterocycles. The van der Waals surface area contributed by atoms with E-state index in [-0.39, 0.29) is 16.0 Å². The fourth-order valence-electron chi connectivity index (χ4n) is 1.71. The van der Waals surface area contributed by atoms with Crippen molar-refractivity contribution >= 4 is 16.9 Å². The van der Waals surface area contributed by atoms with E-state index in [1.165, 1.54) is 17.3 Å². The van der Waals surface area contributed by atoms with Crippen LogP contribution in [0.5, 0.6) is 0 Å². The summed E-state index contributed by atoms with van der Waals surface area (Å²) in [4.78, 5) is 11.3. The second kappa shape index (κ2) is 2.36. The van der Waals surface area contributed by atoms with Gasteiger partial charge in [0.25, 0.3) is 0 Å². The number of carbonyl (C=O) groups excluding carboxylic acids is 1. The average molecular weight is 184 g/mol. The number of carbonyl (C=O) groups is 1. The molecule has 0 amide bonds. The molecule has 66 valence electrons. The number of fused-ring (bicyclic) bond motifs is 1. The average Bonchev–Trinajstić information content (AvgIpc) is 2.49. The van der Waals surface area contributed by atoms with Crippen molar-refractivity contribution in [1.29, 1.82) is 0 Å². The van der Waals surface area contributed by atoms with Crippen LogP contribution in [0.3, 0.4) is 0 Å². The Balaban J connectivity index is 2.20. The molecule has 0 bridgehead atoms. The SMILES string of the molecule is CC(O)CC1=C2CC2(C)SC1=O. The van der Waals surface area contributed by atoms with Gasteiger partial charge >= 0.3 is 0 Å². The lowest BCUT2D eigenvalue weighted by Crippen LogP contribution is -2.05. The Kier molecular flexibility index (Phi) is 1.64. The van der Waals surface area contributed by atoms with Gasteiger partial charge in [-0.05, 0) is 25.8 Å². The molecular weight excluding hydrogens is 172 g/mol. The Morgan fingerprint density at radius 3 is 2.83 bits per heavy atom. The van der Waals surface area contributed by atoms with Crippen LogP contribution >= 0.6 is 11.8 Å². The van der Waals surface area contributed by atoms with Crippen molar-refractivity contribution in [3.63, 3.8) is 0 Å². The Labute approximate surface area is 76.0 Å². The van der Waals surface area contributed by atoms with Crippen molar-refractivity contribution in [2.75, 3.05) is 0 Å². The van der Waals surface area contributed by atoms with Gasteiger partial charge in [-0.2, -0.15) is 0 Å². The maximum absolute atomic E-state index is 11.3. The van der Waals surface area contributed by atoms with E-state index in [4.69, 9.17) is 5.11 Å². The Morgan fingerprint density at radius 2 is 2.42 bits per heavy atom. The number of aliphatic hydroxyl groups is 1. The van der Waals surface area contributed by atoms with Crippen molar-refractivity contribution in [2.45, 2.75) is 37.5 Å². The first-order chi connectivity index (χ1) is 5.53. The molecular formula is C9H12O2S. The fraction of sp³-hybridized carbons (Fsp3) is 0.667. The van der Waals surface area contributed by atoms with Gasteiger partial charge in [0.1, 0.15) is 0 Å². The number of aliphatic hydroxyl groups excluding tert-OH is 1. The highest BCUT2D eigenvalue weighted by atomic mass is 32.2. The Bertz CT molecular complexity index is 280. The Morgan fingerprint density at radius 1 is 1.75 bits per heavy atom. The molecule has 12 heavy (non-hydrogen) atoms. The molecule has 0 aromatic rings. The molecule has 2 unspecified atom stereocenters. The van der Waals surface area contributed by atoms with Crippen LogP contribution in [0, 0.1) is 0 Å². The smallest absolute Gasteiger partial charge is 0.216 e. The second-order valence-electron chi connectivity index (χ2n) is 3.81. The van der Waals surface area contributed by atoms with Gasteiger partial charge in [0.15, 0.2) is 0 Å². The van der Waals surface area contributed by atoms with Crippen molar-refractivity contribution in [1.82, 2.24) is 0 Å². The van der Waals surface area contributed by atoms with E-state index >= 15 is 0 Å². The predicted molar refractivity (Wildman–Crippen MR) is 48.9 cm³/mol. The van der Waals surface area contributed by atoms with Crippen LogP contribution in [0.1, 0.15) is 26.7 Å². The molecule has 3 heteroatoms. The highest BCUT2D eigenvalue weighted by Gasteiger charge is 2.54. The van der Waals surface area contributed by atoms with Crippen molar-refractivity contribution < 1.29 is 9.90 Å². The maximum atomic E-state index is 11.3. The molecule has 0 spiro atoms. The summed E-state index contributed by atoms with van der Waals surface area (Å²) in [7, 11) is 0. The third kappa shape index (κ3) is 1.12. The van der Waals surface area contributed by atoms with Gasteiger partial charge in [-0.3, -0.25) is 4.79 Å². The van der Waals surface area contributed by atoms with Gasteiger partial charge in [0, 0.05) is 16.7 Å². The van der Waals surface area contributed by atoms with Gasteiger partial charge in [-0.1, -0.05) is 11.8 Å². The highest BCUT2D eigenvalue weighted by Crippen LogP contribution is 2.61. The Hall–Kier alpha value is -0.280. The number of hydrogen-bond donors (Lipinski definition) is 1. The van der Waals surface area contributed by atoms with Crippen LogP contribution in [0.2, 0.25) is 0 Å². The molecule has 2 atom stereocenters. The molecule has 0 radical (unpaired) electrons. The summed E-state index contributed by atoms with van der Waals surface area (Å²) < 4.78 is 0.126. The van der Waals surface area contributed by atoms with Gasteiger partial charge in [-0.15, -0.1) is 0 Å². The maximum Gasteiger partial charge on any atom is 0.216 e. The lowest BCUT2D eigenvalue weighted by atomic mass is 10.1. The van der Waals surface area contributed by atoms with Gasteiger partial charge in [0.05, 0.1) is 6.10 Å². The number of thioether (sulfide) groups is 1. The molecule has 1 N–H and O–H groups in total. The van der Waals surface area contributed by atoms with Crippen LogP contribution < -0.4 is 0 Å². The van der Waals surface area contributed by atoms with Crippen LogP contribution in [0.4, 0.5) is 0 Å². The second-order valence-corrected chi connectivity index (χ2v) is 5.28. The summed E-state index contributed by atoms with van der Waals surface area (Å²) in [6.45, 7) is 3.82. The molecule has 0 aromatic carbocycles. The number of hydrogen-bond acceptors (Lipinski definition) is 3. The van der Waals surface area contributed by atoms with Crippen LogP contribution in [0.25, 0.3) is 0 Å². The molecule has 2 nitrogen and oxygen atoms in total. The summed E-state index contributed by atoms with van der Waals surface area (Å²) in [5.41, 5.74) is 2.16. The summed E-state index contributed by atoms with van der Waals surface area (Å²) >= 11 is 1.42. The molecule has 0 saturated heterocycles. The minimum atomic E-state index is -0.389. The van der Waals surface area contributed by atoms with Crippen LogP contribution in [0.15, 0.2) is 11.1 Å². The zero-order valence-corrected chi connectivity index (χ0v) is 8.07. The molecule has 1 heterocycles. The summed E-state index contributed by atoms with van der Waals surface area (Å²) in [5, 5.41) is 9.34. The molecule has 1 saturated carbocycles. The van der Waals surface area contributed by atoms with E-state index in [0.717, 1.165) is 12.0 Å². The van der Waals surface area contributed by atoms with Crippen molar-refractivity contribution in [3.8, 4) is 0 Å². The van der Waals surface area contributed by atoms with E-state index in [1.54, 1.807) is 6.92 Å². The lowest BCUT2D eigenvalue weighted by Gasteiger charge is -2.04. The summed E-state index contributed by atoms with van der Waals surface area (Å²) in [5.74, 6) is 0. The first kappa shape index (κ1) is 8.32. The van der Waals surface area contributed by atoms with E-state index in [1.807, 2.05) is 0 Å². The lowest BCUT2D eigenvalue weighted by molar-refractivity contribution is -0.108. The van der Waals surface area contributed by atoms with Gasteiger partial charge < -0.3 is 5.11 Å². The highest BCUT2D eigenvalue weighted by molar-refractivity contribution is 8.16. The molecule has 2 aliphatic rings. The monoisotopic (exact) mass is 184 g/mol. The predicted octanol–water partition coefficient (Wildman–Crippen LogP) is 1.49. The molecule has 1 fully saturated rings. The largest absolute Gasteiger partial charge is 0.393 e. The normalized spacial score (nSPS) is 35.4. The first-order valence-corrected chi connectivity index (χ1v) is 4.98. The third-order valence-corrected chi connectivity index (χ3v) is 3.73. The number of rotatable bonds is 2. The minimum absolute atomic E-state index is 0.126. The summed E-state index contributed by atoms with van der Waals surface area (Å²) in [6, 6.07) is 0. The van der Waals surface area contributed by atoms with Crippen molar-refractivity contribution in [2.24, 2.45) is 0 Å². The zero-order chi connectivity index (χ0) is 8.93. The van der Waals surface area contributed by atoms with Crippen LogP contribution in [-0.2, 0) is 4.79 Å². The molecule has 1 aliphatic carbocycles. The topological polar surface area (TPSA) is 37.3 Å². The standard InChI is InChI=1S/C9H12O2S/c1-5(10)3-6-7-4-9(7,2)12-8(6)11/h5,10H,3-4H2,1-2H3. The summed E-state index contributed by atoms with van der Waals surface area (Å²) in [6.07, 6.45) is 1.20. The quantitative estimate of drug-likeness (QED) is 0.706. The van der Waals surface area contributed by atoms with E-state index in [2.05, 4.69) is 6.92 Å².